The van der Waals surface area contributed by atoms with E-state index >= 15 is 0 Å². The highest BCUT2D eigenvalue weighted by molar-refractivity contribution is 5.80. The van der Waals surface area contributed by atoms with Crippen LogP contribution < -0.4 is 15.5 Å². The topological polar surface area (TPSA) is 74.9 Å². The van der Waals surface area contributed by atoms with Crippen LogP contribution in [0.3, 0.4) is 0 Å². The Hall–Kier alpha value is -2.61. The lowest BCUT2D eigenvalue weighted by atomic mass is 10.3. The zero-order valence-electron chi connectivity index (χ0n) is 16.9. The molecule has 0 amide bonds. The van der Waals surface area contributed by atoms with Gasteiger partial charge in [0.15, 0.2) is 17.6 Å². The number of hydrogen-bond donors (Lipinski definition) is 2. The summed E-state index contributed by atoms with van der Waals surface area (Å²) in [4.78, 5) is 10.8. The monoisotopic (exact) mass is 403 g/mol. The Labute approximate surface area is 171 Å². The van der Waals surface area contributed by atoms with E-state index in [0.29, 0.717) is 25.5 Å². The number of aliphatic imine (C=N–C) groups is 1. The molecule has 0 aromatic carbocycles. The lowest BCUT2D eigenvalue weighted by Gasteiger charge is -2.20. The van der Waals surface area contributed by atoms with Crippen LogP contribution in [0.25, 0.3) is 0 Å². The fourth-order valence-corrected chi connectivity index (χ4v) is 3.29. The van der Waals surface area contributed by atoms with Gasteiger partial charge in [0.1, 0.15) is 5.76 Å². The van der Waals surface area contributed by atoms with Gasteiger partial charge < -0.3 is 24.7 Å². The van der Waals surface area contributed by atoms with Gasteiger partial charge in [0.05, 0.1) is 6.26 Å². The van der Waals surface area contributed by atoms with Crippen molar-refractivity contribution in [1.82, 2.24) is 15.6 Å². The van der Waals surface area contributed by atoms with Crippen LogP contribution in [0.5, 0.6) is 0 Å². The summed E-state index contributed by atoms with van der Waals surface area (Å²) in [7, 11) is 0. The second-order valence-electron chi connectivity index (χ2n) is 6.92. The Balaban J connectivity index is 1.52. The van der Waals surface area contributed by atoms with Crippen molar-refractivity contribution >= 4 is 11.8 Å². The Bertz CT molecular complexity index is 753. The molecule has 29 heavy (non-hydrogen) atoms. The lowest BCUT2D eigenvalue weighted by molar-refractivity contribution is 0.146. The molecule has 0 bridgehead atoms. The van der Waals surface area contributed by atoms with E-state index in [4.69, 9.17) is 9.15 Å². The van der Waals surface area contributed by atoms with Gasteiger partial charge in [-0.1, -0.05) is 0 Å². The van der Waals surface area contributed by atoms with Crippen molar-refractivity contribution in [2.45, 2.75) is 32.2 Å². The fourth-order valence-electron chi connectivity index (χ4n) is 3.29. The van der Waals surface area contributed by atoms with E-state index in [1.54, 1.807) is 18.5 Å². The molecular weight excluding hydrogens is 373 g/mol. The van der Waals surface area contributed by atoms with Crippen molar-refractivity contribution < 1.29 is 13.5 Å². The summed E-state index contributed by atoms with van der Waals surface area (Å²) in [5, 5.41) is 6.85. The molecule has 0 aliphatic carbocycles. The summed E-state index contributed by atoms with van der Waals surface area (Å²) in [6, 6.07) is 7.09. The molecule has 2 aromatic rings. The minimum absolute atomic E-state index is 0.179. The maximum Gasteiger partial charge on any atom is 0.191 e. The standard InChI is InChI=1S/C21H30FN5O2/c1-2-28-14-5-11-24-21(25-12-8-18-6-4-15-29-18)26-17-9-13-27(16-17)20-19(22)7-3-10-23-20/h3-4,6-7,10,15,17H,2,5,8-9,11-14,16H2,1H3,(H2,24,25,26). The van der Waals surface area contributed by atoms with E-state index in [2.05, 4.69) is 20.6 Å². The average Bonchev–Trinajstić information content (AvgIpc) is 3.40. The fraction of sp³-hybridized carbons (Fsp3) is 0.524. The van der Waals surface area contributed by atoms with Gasteiger partial charge >= 0.3 is 0 Å². The number of hydrogen-bond acceptors (Lipinski definition) is 5. The largest absolute Gasteiger partial charge is 0.469 e. The first-order valence-corrected chi connectivity index (χ1v) is 10.3. The number of furan rings is 1. The third kappa shape index (κ3) is 6.74. The zero-order chi connectivity index (χ0) is 20.3. The molecule has 1 atom stereocenters. The van der Waals surface area contributed by atoms with E-state index in [1.807, 2.05) is 24.0 Å². The average molecular weight is 404 g/mol. The molecule has 1 saturated heterocycles. The highest BCUT2D eigenvalue weighted by Crippen LogP contribution is 2.20. The third-order valence-electron chi connectivity index (χ3n) is 4.73. The van der Waals surface area contributed by atoms with E-state index < -0.39 is 0 Å². The van der Waals surface area contributed by atoms with Gasteiger partial charge in [0.25, 0.3) is 0 Å². The Morgan fingerprint density at radius 2 is 2.34 bits per heavy atom. The van der Waals surface area contributed by atoms with Crippen molar-refractivity contribution in [1.29, 1.82) is 0 Å². The Kier molecular flexibility index (Phi) is 8.30. The van der Waals surface area contributed by atoms with Crippen LogP contribution in [0.1, 0.15) is 25.5 Å². The highest BCUT2D eigenvalue weighted by Gasteiger charge is 2.26. The molecule has 1 aliphatic rings. The molecule has 158 valence electrons. The van der Waals surface area contributed by atoms with Crippen LogP contribution in [0, 0.1) is 5.82 Å². The number of halogens is 1. The number of anilines is 1. The first kappa shape index (κ1) is 21.1. The summed E-state index contributed by atoms with van der Waals surface area (Å²) in [5.41, 5.74) is 0. The summed E-state index contributed by atoms with van der Waals surface area (Å²) in [6.45, 7) is 6.26. The van der Waals surface area contributed by atoms with Crippen molar-refractivity contribution in [2.24, 2.45) is 4.99 Å². The summed E-state index contributed by atoms with van der Waals surface area (Å²) in [5.74, 6) is 1.83. The number of guanidine groups is 1. The molecular formula is C21H30FN5O2. The molecule has 1 aliphatic heterocycles. The maximum absolute atomic E-state index is 14.0. The second kappa shape index (κ2) is 11.4. The predicted octanol–water partition coefficient (Wildman–Crippen LogP) is 2.60. The van der Waals surface area contributed by atoms with Crippen LogP contribution in [0.4, 0.5) is 10.2 Å². The number of ether oxygens (including phenoxy) is 1. The Morgan fingerprint density at radius 3 is 3.14 bits per heavy atom. The molecule has 7 nitrogen and oxygen atoms in total. The quantitative estimate of drug-likeness (QED) is 0.361. The highest BCUT2D eigenvalue weighted by atomic mass is 19.1. The summed E-state index contributed by atoms with van der Waals surface area (Å²) >= 11 is 0. The molecule has 2 aromatic heterocycles. The van der Waals surface area contributed by atoms with Gasteiger partial charge in [-0.05, 0) is 44.0 Å². The van der Waals surface area contributed by atoms with Crippen molar-refractivity contribution in [2.75, 3.05) is 44.3 Å². The van der Waals surface area contributed by atoms with E-state index in [-0.39, 0.29) is 11.9 Å². The minimum Gasteiger partial charge on any atom is -0.469 e. The molecule has 8 heteroatoms. The van der Waals surface area contributed by atoms with Crippen LogP contribution in [0.15, 0.2) is 46.1 Å². The molecule has 0 saturated carbocycles. The zero-order valence-corrected chi connectivity index (χ0v) is 16.9. The first-order chi connectivity index (χ1) is 14.3. The Morgan fingerprint density at radius 1 is 1.41 bits per heavy atom. The molecule has 3 rings (SSSR count). The molecule has 1 unspecified atom stereocenters. The number of nitrogens with zero attached hydrogens (tertiary/aromatic N) is 3. The van der Waals surface area contributed by atoms with E-state index in [0.717, 1.165) is 50.7 Å². The van der Waals surface area contributed by atoms with Gasteiger partial charge in [-0.25, -0.2) is 9.37 Å². The van der Waals surface area contributed by atoms with Crippen molar-refractivity contribution in [3.63, 3.8) is 0 Å². The number of rotatable bonds is 10. The van der Waals surface area contributed by atoms with Crippen molar-refractivity contribution in [3.8, 4) is 0 Å². The van der Waals surface area contributed by atoms with Gasteiger partial charge in [-0.15, -0.1) is 0 Å². The number of nitrogens with one attached hydrogen (secondary N) is 2. The maximum atomic E-state index is 14.0. The van der Waals surface area contributed by atoms with Gasteiger partial charge in [0, 0.05) is 58.1 Å². The SMILES string of the molecule is CCOCCCN=C(NCCc1ccco1)NC1CCN(c2ncccc2F)C1. The lowest BCUT2D eigenvalue weighted by Crippen LogP contribution is -2.45. The number of pyridine rings is 1. The molecule has 3 heterocycles. The van der Waals surface area contributed by atoms with Crippen LogP contribution in [-0.4, -0.2) is 56.4 Å². The third-order valence-corrected chi connectivity index (χ3v) is 4.73. The molecule has 2 N–H and O–H groups in total. The van der Waals surface area contributed by atoms with Gasteiger partial charge in [-0.2, -0.15) is 0 Å². The number of aromatic nitrogens is 1. The van der Waals surface area contributed by atoms with Gasteiger partial charge in [0.2, 0.25) is 0 Å². The van der Waals surface area contributed by atoms with Crippen LogP contribution in [-0.2, 0) is 11.2 Å². The van der Waals surface area contributed by atoms with Crippen molar-refractivity contribution in [3.05, 3.63) is 48.3 Å². The smallest absolute Gasteiger partial charge is 0.191 e. The normalized spacial score (nSPS) is 17.0. The minimum atomic E-state index is -0.283. The van der Waals surface area contributed by atoms with Gasteiger partial charge in [-0.3, -0.25) is 4.99 Å². The summed E-state index contributed by atoms with van der Waals surface area (Å²) in [6.07, 6.45) is 5.85. The van der Waals surface area contributed by atoms with Crippen LogP contribution >= 0.6 is 0 Å². The predicted molar refractivity (Wildman–Crippen MR) is 112 cm³/mol. The molecule has 0 spiro atoms. The molecule has 0 radical (unpaired) electrons. The van der Waals surface area contributed by atoms with Crippen LogP contribution in [0.2, 0.25) is 0 Å². The van der Waals surface area contributed by atoms with E-state index in [9.17, 15) is 4.39 Å². The second-order valence-corrected chi connectivity index (χ2v) is 6.92. The van der Waals surface area contributed by atoms with E-state index in [1.165, 1.54) is 6.07 Å². The molecule has 1 fully saturated rings. The summed E-state index contributed by atoms with van der Waals surface area (Å²) < 4.78 is 24.8. The first-order valence-electron chi connectivity index (χ1n) is 10.3.